The predicted molar refractivity (Wildman–Crippen MR) is 142 cm³/mol. The van der Waals surface area contributed by atoms with E-state index in [9.17, 15) is 4.79 Å². The van der Waals surface area contributed by atoms with Crippen LogP contribution in [0.5, 0.6) is 5.75 Å². The number of benzene rings is 1. The minimum Gasteiger partial charge on any atom is -0.494 e. The van der Waals surface area contributed by atoms with Crippen molar-refractivity contribution in [3.8, 4) is 11.4 Å². The number of carbonyl (C=O) groups excluding carboxylic acids is 1. The van der Waals surface area contributed by atoms with Gasteiger partial charge in [0.1, 0.15) is 5.75 Å². The fraction of sp³-hybridized carbons (Fsp3) is 0.536. The molecule has 1 atom stereocenters. The molecule has 0 spiro atoms. The van der Waals surface area contributed by atoms with Gasteiger partial charge in [-0.2, -0.15) is 5.10 Å². The second-order valence-electron chi connectivity index (χ2n) is 9.50. The van der Waals surface area contributed by atoms with Gasteiger partial charge in [0.2, 0.25) is 5.91 Å². The van der Waals surface area contributed by atoms with Gasteiger partial charge in [-0.15, -0.1) is 5.10 Å². The van der Waals surface area contributed by atoms with Crippen LogP contribution in [0.25, 0.3) is 16.5 Å². The smallest absolute Gasteiger partial charge is 0.227 e. The Balaban J connectivity index is 1.73. The van der Waals surface area contributed by atoms with Gasteiger partial charge in [0.15, 0.2) is 5.82 Å². The van der Waals surface area contributed by atoms with E-state index in [2.05, 4.69) is 54.4 Å². The molecule has 7 heteroatoms. The van der Waals surface area contributed by atoms with Gasteiger partial charge in [0.25, 0.3) is 0 Å². The van der Waals surface area contributed by atoms with Crippen molar-refractivity contribution in [2.45, 2.75) is 60.8 Å². The first-order valence-electron chi connectivity index (χ1n) is 13.0. The Kier molecular flexibility index (Phi) is 7.63. The molecule has 1 saturated heterocycles. The van der Waals surface area contributed by atoms with Gasteiger partial charge in [-0.3, -0.25) is 4.79 Å². The van der Waals surface area contributed by atoms with E-state index in [1.807, 2.05) is 30.9 Å². The SMILES string of the molecule is CCCN(CC)C(=O)C1CCCN(c2nnc(C)c3c(C)n(-c4ccc(OCC)cc4)c(C)c23)C1. The van der Waals surface area contributed by atoms with E-state index >= 15 is 0 Å². The zero-order valence-electron chi connectivity index (χ0n) is 22.1. The van der Waals surface area contributed by atoms with Crippen LogP contribution < -0.4 is 9.64 Å². The standard InChI is InChI=1S/C28H39N5O2/c1-7-16-31(8-2)28(34)22-11-10-17-32(18-22)27-26-21(6)33(20(5)25(26)19(4)29-30-27)23-12-14-24(15-13-23)35-9-3/h12-15,22H,7-11,16-18H2,1-6H3. The molecule has 7 nitrogen and oxygen atoms in total. The van der Waals surface area contributed by atoms with Gasteiger partial charge in [-0.25, -0.2) is 0 Å². The molecule has 1 aromatic carbocycles. The summed E-state index contributed by atoms with van der Waals surface area (Å²) >= 11 is 0. The Morgan fingerprint density at radius 3 is 2.43 bits per heavy atom. The molecule has 188 valence electrons. The number of aryl methyl sites for hydroxylation is 3. The van der Waals surface area contributed by atoms with E-state index in [4.69, 9.17) is 9.84 Å². The molecule has 1 aliphatic rings. The Morgan fingerprint density at radius 2 is 1.77 bits per heavy atom. The minimum absolute atomic E-state index is 0.00278. The number of hydrogen-bond donors (Lipinski definition) is 0. The van der Waals surface area contributed by atoms with Crippen LogP contribution in [0.15, 0.2) is 24.3 Å². The van der Waals surface area contributed by atoms with Crippen LogP contribution in [0.2, 0.25) is 0 Å². The Bertz CT molecular complexity index is 1180. The molecular formula is C28H39N5O2. The summed E-state index contributed by atoms with van der Waals surface area (Å²) in [6.45, 7) is 16.3. The van der Waals surface area contributed by atoms with Gasteiger partial charge >= 0.3 is 0 Å². The lowest BCUT2D eigenvalue weighted by atomic mass is 9.96. The Hall–Kier alpha value is -3.09. The molecule has 35 heavy (non-hydrogen) atoms. The maximum Gasteiger partial charge on any atom is 0.227 e. The summed E-state index contributed by atoms with van der Waals surface area (Å²) in [5.41, 5.74) is 4.32. The first kappa shape index (κ1) is 25.0. The van der Waals surface area contributed by atoms with Crippen molar-refractivity contribution < 1.29 is 9.53 Å². The van der Waals surface area contributed by atoms with Gasteiger partial charge in [0.05, 0.1) is 18.2 Å². The molecule has 1 amide bonds. The summed E-state index contributed by atoms with van der Waals surface area (Å²) in [4.78, 5) is 17.5. The second kappa shape index (κ2) is 10.7. The van der Waals surface area contributed by atoms with E-state index in [1.165, 1.54) is 0 Å². The Morgan fingerprint density at radius 1 is 1.06 bits per heavy atom. The highest BCUT2D eigenvalue weighted by Crippen LogP contribution is 2.37. The van der Waals surface area contributed by atoms with E-state index in [-0.39, 0.29) is 11.8 Å². The molecule has 0 aliphatic carbocycles. The van der Waals surface area contributed by atoms with E-state index in [1.54, 1.807) is 0 Å². The monoisotopic (exact) mass is 477 g/mol. The molecule has 2 aromatic heterocycles. The number of piperidine rings is 1. The average Bonchev–Trinajstić information content (AvgIpc) is 3.14. The van der Waals surface area contributed by atoms with E-state index in [0.29, 0.717) is 13.2 Å². The summed E-state index contributed by atoms with van der Waals surface area (Å²) in [5.74, 6) is 2.04. The highest BCUT2D eigenvalue weighted by Gasteiger charge is 2.31. The number of aromatic nitrogens is 3. The van der Waals surface area contributed by atoms with Crippen molar-refractivity contribution in [3.63, 3.8) is 0 Å². The van der Waals surface area contributed by atoms with E-state index < -0.39 is 0 Å². The lowest BCUT2D eigenvalue weighted by Crippen LogP contribution is -2.45. The third-order valence-electron chi connectivity index (χ3n) is 7.19. The highest BCUT2D eigenvalue weighted by molar-refractivity contribution is 5.99. The van der Waals surface area contributed by atoms with Crippen molar-refractivity contribution in [2.75, 3.05) is 37.7 Å². The maximum atomic E-state index is 13.2. The number of carbonyl (C=O) groups is 1. The number of nitrogens with zero attached hydrogens (tertiary/aromatic N) is 5. The summed E-state index contributed by atoms with van der Waals surface area (Å²) in [6.07, 6.45) is 2.90. The quantitative estimate of drug-likeness (QED) is 0.445. The third kappa shape index (κ3) is 4.73. The molecule has 1 unspecified atom stereocenters. The molecule has 1 fully saturated rings. The largest absolute Gasteiger partial charge is 0.494 e. The molecule has 3 heterocycles. The molecule has 0 N–H and O–H groups in total. The van der Waals surface area contributed by atoms with Crippen LogP contribution >= 0.6 is 0 Å². The number of rotatable bonds is 8. The number of fused-ring (bicyclic) bond motifs is 1. The normalized spacial score (nSPS) is 16.1. The molecule has 0 bridgehead atoms. The number of amides is 1. The molecule has 3 aromatic rings. The average molecular weight is 478 g/mol. The first-order valence-corrected chi connectivity index (χ1v) is 13.0. The number of hydrogen-bond acceptors (Lipinski definition) is 5. The molecular weight excluding hydrogens is 438 g/mol. The summed E-state index contributed by atoms with van der Waals surface area (Å²) in [6, 6.07) is 8.23. The van der Waals surface area contributed by atoms with Crippen molar-refractivity contribution in [3.05, 3.63) is 41.3 Å². The maximum absolute atomic E-state index is 13.2. The van der Waals surface area contributed by atoms with Crippen molar-refractivity contribution in [2.24, 2.45) is 5.92 Å². The molecule has 4 rings (SSSR count). The minimum atomic E-state index is 0.00278. The molecule has 0 radical (unpaired) electrons. The van der Waals surface area contributed by atoms with Gasteiger partial charge < -0.3 is 19.1 Å². The zero-order chi connectivity index (χ0) is 25.1. The van der Waals surface area contributed by atoms with Crippen LogP contribution in [-0.4, -0.2) is 58.4 Å². The van der Waals surface area contributed by atoms with Crippen LogP contribution in [0.3, 0.4) is 0 Å². The summed E-state index contributed by atoms with van der Waals surface area (Å²) < 4.78 is 7.92. The number of ether oxygens (including phenoxy) is 1. The fourth-order valence-electron chi connectivity index (χ4n) is 5.57. The van der Waals surface area contributed by atoms with E-state index in [0.717, 1.165) is 84.0 Å². The van der Waals surface area contributed by atoms with Crippen LogP contribution in [0.4, 0.5) is 5.82 Å². The lowest BCUT2D eigenvalue weighted by molar-refractivity contribution is -0.135. The zero-order valence-corrected chi connectivity index (χ0v) is 22.1. The molecule has 1 aliphatic heterocycles. The fourth-order valence-corrected chi connectivity index (χ4v) is 5.57. The van der Waals surface area contributed by atoms with Gasteiger partial charge in [-0.1, -0.05) is 6.92 Å². The van der Waals surface area contributed by atoms with Crippen LogP contribution in [-0.2, 0) is 4.79 Å². The first-order chi connectivity index (χ1) is 16.9. The van der Waals surface area contributed by atoms with Gasteiger partial charge in [-0.05, 0) is 78.1 Å². The topological polar surface area (TPSA) is 63.5 Å². The number of anilines is 1. The lowest BCUT2D eigenvalue weighted by Gasteiger charge is -2.35. The molecule has 0 saturated carbocycles. The van der Waals surface area contributed by atoms with Crippen molar-refractivity contribution in [1.82, 2.24) is 19.7 Å². The summed E-state index contributed by atoms with van der Waals surface area (Å²) in [7, 11) is 0. The van der Waals surface area contributed by atoms with Crippen LogP contribution in [0, 0.1) is 26.7 Å². The Labute approximate surface area is 209 Å². The van der Waals surface area contributed by atoms with Crippen molar-refractivity contribution >= 4 is 22.5 Å². The third-order valence-corrected chi connectivity index (χ3v) is 7.19. The second-order valence-corrected chi connectivity index (χ2v) is 9.50. The van der Waals surface area contributed by atoms with Crippen LogP contribution in [0.1, 0.15) is 57.1 Å². The highest BCUT2D eigenvalue weighted by atomic mass is 16.5. The van der Waals surface area contributed by atoms with Crippen molar-refractivity contribution in [1.29, 1.82) is 0 Å². The summed E-state index contributed by atoms with van der Waals surface area (Å²) in [5, 5.41) is 11.5. The van der Waals surface area contributed by atoms with Gasteiger partial charge in [0, 0.05) is 54.0 Å². The predicted octanol–water partition coefficient (Wildman–Crippen LogP) is 5.22.